The van der Waals surface area contributed by atoms with Crippen LogP contribution in [0.2, 0.25) is 0 Å². The lowest BCUT2D eigenvalue weighted by Gasteiger charge is -2.55. The Morgan fingerprint density at radius 2 is 1.55 bits per heavy atom. The maximum atomic E-state index is 13.9. The number of hydrogen-bond donors (Lipinski definition) is 1. The second kappa shape index (κ2) is 4.52. The fourth-order valence-corrected chi connectivity index (χ4v) is 5.44. The molecule has 1 atom stereocenters. The van der Waals surface area contributed by atoms with Gasteiger partial charge in [-0.1, -0.05) is 12.1 Å². The third-order valence-electron chi connectivity index (χ3n) is 5.96. The van der Waals surface area contributed by atoms with Crippen molar-refractivity contribution in [2.24, 2.45) is 29.6 Å². The van der Waals surface area contributed by atoms with Crippen LogP contribution in [0.15, 0.2) is 18.2 Å². The molecule has 3 heteroatoms. The zero-order chi connectivity index (χ0) is 13.9. The molecule has 0 aromatic heterocycles. The highest BCUT2D eigenvalue weighted by molar-refractivity contribution is 5.23. The van der Waals surface area contributed by atoms with Crippen LogP contribution in [0.3, 0.4) is 0 Å². The second-order valence-electron chi connectivity index (χ2n) is 7.10. The highest BCUT2D eigenvalue weighted by Gasteiger charge is 2.50. The molecule has 4 bridgehead atoms. The quantitative estimate of drug-likeness (QED) is 0.864. The Balaban J connectivity index is 1.65. The molecule has 4 aliphatic rings. The molecule has 4 aliphatic carbocycles. The molecule has 1 aromatic rings. The summed E-state index contributed by atoms with van der Waals surface area (Å²) < 4.78 is 27.3. The monoisotopic (exact) mass is 278 g/mol. The van der Waals surface area contributed by atoms with Crippen LogP contribution >= 0.6 is 0 Å². The van der Waals surface area contributed by atoms with Gasteiger partial charge in [0.15, 0.2) is 11.6 Å². The van der Waals surface area contributed by atoms with Crippen LogP contribution in [0.4, 0.5) is 8.78 Å². The Bertz CT molecular complexity index is 500. The lowest BCUT2D eigenvalue weighted by molar-refractivity contribution is -0.0917. The van der Waals surface area contributed by atoms with Gasteiger partial charge in [-0.15, -0.1) is 0 Å². The van der Waals surface area contributed by atoms with E-state index in [2.05, 4.69) is 0 Å². The molecule has 4 fully saturated rings. The average Bonchev–Trinajstić information content (AvgIpc) is 2.40. The lowest BCUT2D eigenvalue weighted by Crippen LogP contribution is -2.47. The Kier molecular flexibility index (Phi) is 2.88. The largest absolute Gasteiger partial charge is 0.388 e. The standard InChI is InChI=1S/C17H20F2O/c18-14-3-1-2-13(16(14)19)17(20)15-11-5-9-4-10(7-11)8-12(15)6-9/h1-3,9-12,15,17,20H,4-8H2. The van der Waals surface area contributed by atoms with E-state index >= 15 is 0 Å². The summed E-state index contributed by atoms with van der Waals surface area (Å²) in [6.45, 7) is 0. The van der Waals surface area contributed by atoms with Gasteiger partial charge in [0.2, 0.25) is 0 Å². The van der Waals surface area contributed by atoms with E-state index in [0.29, 0.717) is 11.8 Å². The Labute approximate surface area is 118 Å². The highest BCUT2D eigenvalue weighted by atomic mass is 19.2. The summed E-state index contributed by atoms with van der Waals surface area (Å²) in [4.78, 5) is 0. The topological polar surface area (TPSA) is 20.2 Å². The average molecular weight is 278 g/mol. The molecule has 1 nitrogen and oxygen atoms in total. The summed E-state index contributed by atoms with van der Waals surface area (Å²) in [7, 11) is 0. The van der Waals surface area contributed by atoms with Crippen molar-refractivity contribution in [3.05, 3.63) is 35.4 Å². The molecule has 0 saturated heterocycles. The van der Waals surface area contributed by atoms with Crippen molar-refractivity contribution < 1.29 is 13.9 Å². The van der Waals surface area contributed by atoms with Crippen LogP contribution < -0.4 is 0 Å². The molecule has 108 valence electrons. The summed E-state index contributed by atoms with van der Waals surface area (Å²) in [5.41, 5.74) is 0.155. The maximum absolute atomic E-state index is 13.9. The number of hydrogen-bond acceptors (Lipinski definition) is 1. The minimum atomic E-state index is -0.867. The van der Waals surface area contributed by atoms with Gasteiger partial charge in [-0.05, 0) is 67.8 Å². The van der Waals surface area contributed by atoms with E-state index in [1.54, 1.807) is 0 Å². The summed E-state index contributed by atoms with van der Waals surface area (Å²) in [6.07, 6.45) is 5.19. The summed E-state index contributed by atoms with van der Waals surface area (Å²) in [5, 5.41) is 10.7. The van der Waals surface area contributed by atoms with E-state index in [1.165, 1.54) is 44.2 Å². The molecule has 0 radical (unpaired) electrons. The number of aliphatic hydroxyl groups is 1. The molecule has 1 aromatic carbocycles. The molecule has 0 amide bonds. The minimum absolute atomic E-state index is 0.124. The first-order chi connectivity index (χ1) is 9.63. The van der Waals surface area contributed by atoms with Crippen LogP contribution in [0.25, 0.3) is 0 Å². The van der Waals surface area contributed by atoms with E-state index in [1.807, 2.05) is 0 Å². The Morgan fingerprint density at radius 3 is 2.15 bits per heavy atom. The molecular weight excluding hydrogens is 258 g/mol. The maximum Gasteiger partial charge on any atom is 0.164 e. The van der Waals surface area contributed by atoms with Crippen LogP contribution in [0, 0.1) is 41.2 Å². The van der Waals surface area contributed by atoms with Gasteiger partial charge in [0.05, 0.1) is 6.10 Å². The third kappa shape index (κ3) is 1.82. The van der Waals surface area contributed by atoms with Crippen molar-refractivity contribution in [2.75, 3.05) is 0 Å². The molecule has 4 saturated carbocycles. The predicted molar refractivity (Wildman–Crippen MR) is 71.9 cm³/mol. The van der Waals surface area contributed by atoms with E-state index in [4.69, 9.17) is 0 Å². The van der Waals surface area contributed by atoms with E-state index < -0.39 is 17.7 Å². The molecule has 20 heavy (non-hydrogen) atoms. The summed E-state index contributed by atoms with van der Waals surface area (Å²) in [5.74, 6) is 1.04. The van der Waals surface area contributed by atoms with Crippen molar-refractivity contribution in [1.82, 2.24) is 0 Å². The molecule has 0 aliphatic heterocycles. The molecule has 5 rings (SSSR count). The summed E-state index contributed by atoms with van der Waals surface area (Å²) in [6, 6.07) is 4.14. The van der Waals surface area contributed by atoms with Gasteiger partial charge >= 0.3 is 0 Å². The van der Waals surface area contributed by atoms with Gasteiger partial charge in [0.1, 0.15) is 0 Å². The zero-order valence-electron chi connectivity index (χ0n) is 11.4. The van der Waals surface area contributed by atoms with E-state index in [9.17, 15) is 13.9 Å². The minimum Gasteiger partial charge on any atom is -0.388 e. The number of rotatable bonds is 2. The fourth-order valence-electron chi connectivity index (χ4n) is 5.44. The van der Waals surface area contributed by atoms with Crippen molar-refractivity contribution in [3.8, 4) is 0 Å². The molecule has 1 N–H and O–H groups in total. The van der Waals surface area contributed by atoms with Crippen LogP contribution in [-0.4, -0.2) is 5.11 Å². The van der Waals surface area contributed by atoms with Crippen LogP contribution in [-0.2, 0) is 0 Å². The van der Waals surface area contributed by atoms with Crippen molar-refractivity contribution in [1.29, 1.82) is 0 Å². The first kappa shape index (κ1) is 12.8. The van der Waals surface area contributed by atoms with Crippen molar-refractivity contribution >= 4 is 0 Å². The van der Waals surface area contributed by atoms with Gasteiger partial charge in [0.25, 0.3) is 0 Å². The van der Waals surface area contributed by atoms with E-state index in [-0.39, 0.29) is 11.5 Å². The fraction of sp³-hybridized carbons (Fsp3) is 0.647. The number of halogens is 2. The normalized spacial score (nSPS) is 40.0. The van der Waals surface area contributed by atoms with Crippen LogP contribution in [0.5, 0.6) is 0 Å². The van der Waals surface area contributed by atoms with Gasteiger partial charge < -0.3 is 5.11 Å². The molecular formula is C17H20F2O. The number of aliphatic hydroxyl groups excluding tert-OH is 1. The second-order valence-corrected chi connectivity index (χ2v) is 7.10. The Hall–Kier alpha value is -0.960. The Morgan fingerprint density at radius 1 is 0.950 bits per heavy atom. The molecule has 0 spiro atoms. The van der Waals surface area contributed by atoms with Crippen LogP contribution in [0.1, 0.15) is 43.8 Å². The first-order valence-corrected chi connectivity index (χ1v) is 7.75. The van der Waals surface area contributed by atoms with Crippen molar-refractivity contribution in [3.63, 3.8) is 0 Å². The summed E-state index contributed by atoms with van der Waals surface area (Å²) >= 11 is 0. The molecule has 0 heterocycles. The molecule has 1 unspecified atom stereocenters. The van der Waals surface area contributed by atoms with Gasteiger partial charge in [0, 0.05) is 5.56 Å². The smallest absolute Gasteiger partial charge is 0.164 e. The van der Waals surface area contributed by atoms with Gasteiger partial charge in [-0.3, -0.25) is 0 Å². The lowest BCUT2D eigenvalue weighted by atomic mass is 9.50. The first-order valence-electron chi connectivity index (χ1n) is 7.75. The van der Waals surface area contributed by atoms with E-state index in [0.717, 1.165) is 17.9 Å². The van der Waals surface area contributed by atoms with Gasteiger partial charge in [-0.25, -0.2) is 8.78 Å². The highest BCUT2D eigenvalue weighted by Crippen LogP contribution is 2.59. The zero-order valence-corrected chi connectivity index (χ0v) is 11.4. The van der Waals surface area contributed by atoms with Crippen molar-refractivity contribution in [2.45, 2.75) is 38.2 Å². The van der Waals surface area contributed by atoms with Gasteiger partial charge in [-0.2, -0.15) is 0 Å². The SMILES string of the molecule is OC(c1cccc(F)c1F)C1C2CC3CC(C2)CC1C3. The predicted octanol–water partition coefficient (Wildman–Crippen LogP) is 4.07. The third-order valence-corrected chi connectivity index (χ3v) is 5.96. The number of benzene rings is 1.